The molecule has 0 saturated carbocycles. The third kappa shape index (κ3) is 4.68. The van der Waals surface area contributed by atoms with E-state index in [1.807, 2.05) is 0 Å². The summed E-state index contributed by atoms with van der Waals surface area (Å²) in [4.78, 5) is 23.4. The van der Waals surface area contributed by atoms with E-state index in [9.17, 15) is 14.0 Å². The van der Waals surface area contributed by atoms with Gasteiger partial charge in [-0.3, -0.25) is 4.79 Å². The Kier molecular flexibility index (Phi) is 6.15. The van der Waals surface area contributed by atoms with E-state index >= 15 is 0 Å². The van der Waals surface area contributed by atoms with Crippen molar-refractivity contribution in [3.63, 3.8) is 0 Å². The highest BCUT2D eigenvalue weighted by molar-refractivity contribution is 6.31. The number of rotatable bonds is 5. The summed E-state index contributed by atoms with van der Waals surface area (Å²) < 4.78 is 23.7. The minimum atomic E-state index is -0.563. The van der Waals surface area contributed by atoms with Gasteiger partial charge in [-0.15, -0.1) is 0 Å². The largest absolute Gasteiger partial charge is 0.442 e. The van der Waals surface area contributed by atoms with E-state index in [-0.39, 0.29) is 23.7 Å². The lowest BCUT2D eigenvalue weighted by Gasteiger charge is -2.20. The van der Waals surface area contributed by atoms with Gasteiger partial charge < -0.3 is 14.8 Å². The Balaban J connectivity index is 1.75. The van der Waals surface area contributed by atoms with Gasteiger partial charge in [0.25, 0.3) is 0 Å². The number of amides is 1. The number of hydrogen-bond acceptors (Lipinski definition) is 4. The van der Waals surface area contributed by atoms with Crippen molar-refractivity contribution in [2.45, 2.75) is 31.8 Å². The second-order valence-electron chi connectivity index (χ2n) is 4.94. The highest BCUT2D eigenvalue weighted by atomic mass is 35.5. The second kappa shape index (κ2) is 8.10. The van der Waals surface area contributed by atoms with Crippen LogP contribution in [0.25, 0.3) is 0 Å². The van der Waals surface area contributed by atoms with E-state index in [1.165, 1.54) is 18.2 Å². The molecule has 1 aromatic carbocycles. The van der Waals surface area contributed by atoms with Gasteiger partial charge in [0.2, 0.25) is 5.91 Å². The lowest BCUT2D eigenvalue weighted by molar-refractivity contribution is -0.161. The fourth-order valence-corrected chi connectivity index (χ4v) is 2.36. The zero-order chi connectivity index (χ0) is 15.9. The van der Waals surface area contributed by atoms with E-state index in [0.717, 1.165) is 12.8 Å². The molecule has 1 N–H and O–H groups in total. The molecule has 0 aromatic heterocycles. The SMILES string of the molecule is O=C(Cc1c(F)cccc1Cl)NCOC(=O)C1CCCCO1. The van der Waals surface area contributed by atoms with Crippen LogP contribution in [0.1, 0.15) is 24.8 Å². The normalized spacial score (nSPS) is 17.8. The van der Waals surface area contributed by atoms with Gasteiger partial charge >= 0.3 is 5.97 Å². The first-order valence-corrected chi connectivity index (χ1v) is 7.43. The standard InChI is InChI=1S/C15H17ClFNO4/c16-11-4-3-5-12(17)10(11)8-14(19)18-9-22-15(20)13-6-1-2-7-21-13/h3-5,13H,1-2,6-9H2,(H,18,19). The van der Waals surface area contributed by atoms with Crippen molar-refractivity contribution in [3.8, 4) is 0 Å². The van der Waals surface area contributed by atoms with E-state index < -0.39 is 23.8 Å². The predicted octanol–water partition coefficient (Wildman–Crippen LogP) is 2.21. The molecule has 7 heteroatoms. The Morgan fingerprint density at radius 3 is 2.91 bits per heavy atom. The number of nitrogens with one attached hydrogen (secondary N) is 1. The predicted molar refractivity (Wildman–Crippen MR) is 77.8 cm³/mol. The molecule has 0 bridgehead atoms. The first kappa shape index (κ1) is 16.7. The molecule has 1 aliphatic heterocycles. The summed E-state index contributed by atoms with van der Waals surface area (Å²) in [5.41, 5.74) is 0.114. The van der Waals surface area contributed by atoms with Crippen LogP contribution in [0.5, 0.6) is 0 Å². The highest BCUT2D eigenvalue weighted by Gasteiger charge is 2.23. The molecular weight excluding hydrogens is 313 g/mol. The van der Waals surface area contributed by atoms with E-state index in [0.29, 0.717) is 13.0 Å². The second-order valence-corrected chi connectivity index (χ2v) is 5.35. The summed E-state index contributed by atoms with van der Waals surface area (Å²) in [6.07, 6.45) is 1.69. The first-order chi connectivity index (χ1) is 10.6. The van der Waals surface area contributed by atoms with Crippen LogP contribution < -0.4 is 5.32 Å². The van der Waals surface area contributed by atoms with Crippen LogP contribution in [0.4, 0.5) is 4.39 Å². The molecule has 1 fully saturated rings. The van der Waals surface area contributed by atoms with Gasteiger partial charge in [-0.2, -0.15) is 0 Å². The Labute approximate surface area is 132 Å². The molecule has 1 unspecified atom stereocenters. The molecule has 1 aromatic rings. The third-order valence-corrected chi connectivity index (χ3v) is 3.68. The lowest BCUT2D eigenvalue weighted by atomic mass is 10.1. The number of esters is 1. The van der Waals surface area contributed by atoms with Gasteiger partial charge in [0.05, 0.1) is 6.42 Å². The van der Waals surface area contributed by atoms with Crippen LogP contribution in [0.15, 0.2) is 18.2 Å². The summed E-state index contributed by atoms with van der Waals surface area (Å²) >= 11 is 5.84. The summed E-state index contributed by atoms with van der Waals surface area (Å²) in [5, 5.41) is 2.58. The molecule has 0 aliphatic carbocycles. The van der Waals surface area contributed by atoms with Gasteiger partial charge in [-0.1, -0.05) is 17.7 Å². The summed E-state index contributed by atoms with van der Waals surface area (Å²) in [6.45, 7) is 0.265. The third-order valence-electron chi connectivity index (χ3n) is 3.33. The Bertz CT molecular complexity index is 526. The quantitative estimate of drug-likeness (QED) is 0.664. The summed E-state index contributed by atoms with van der Waals surface area (Å²) in [6, 6.07) is 4.20. The Morgan fingerprint density at radius 1 is 1.41 bits per heavy atom. The van der Waals surface area contributed by atoms with Gasteiger partial charge in [0.1, 0.15) is 5.82 Å². The van der Waals surface area contributed by atoms with Crippen molar-refractivity contribution in [2.24, 2.45) is 0 Å². The maximum atomic E-state index is 13.5. The average molecular weight is 330 g/mol. The van der Waals surface area contributed by atoms with Crippen LogP contribution in [-0.4, -0.2) is 31.3 Å². The number of benzene rings is 1. The molecule has 1 saturated heterocycles. The fraction of sp³-hybridized carbons (Fsp3) is 0.467. The van der Waals surface area contributed by atoms with E-state index in [1.54, 1.807) is 0 Å². The molecule has 1 heterocycles. The molecular formula is C15H17ClFNO4. The maximum Gasteiger partial charge on any atom is 0.336 e. The first-order valence-electron chi connectivity index (χ1n) is 7.05. The summed E-state index contributed by atoms with van der Waals surface area (Å²) in [7, 11) is 0. The van der Waals surface area contributed by atoms with Crippen molar-refractivity contribution in [3.05, 3.63) is 34.6 Å². The summed E-state index contributed by atoms with van der Waals surface area (Å²) in [5.74, 6) is -1.52. The number of halogens is 2. The molecule has 1 aliphatic rings. The van der Waals surface area contributed by atoms with Crippen molar-refractivity contribution < 1.29 is 23.5 Å². The number of hydrogen-bond donors (Lipinski definition) is 1. The van der Waals surface area contributed by atoms with Gasteiger partial charge in [0, 0.05) is 17.2 Å². The van der Waals surface area contributed by atoms with Gasteiger partial charge in [-0.05, 0) is 31.4 Å². The maximum absolute atomic E-state index is 13.5. The molecule has 5 nitrogen and oxygen atoms in total. The van der Waals surface area contributed by atoms with Crippen LogP contribution in [0.2, 0.25) is 5.02 Å². The van der Waals surface area contributed by atoms with Crippen molar-refractivity contribution >= 4 is 23.5 Å². The monoisotopic (exact) mass is 329 g/mol. The van der Waals surface area contributed by atoms with Gasteiger partial charge in [0.15, 0.2) is 12.8 Å². The highest BCUT2D eigenvalue weighted by Crippen LogP contribution is 2.19. The number of carbonyl (C=O) groups is 2. The minimum Gasteiger partial charge on any atom is -0.442 e. The smallest absolute Gasteiger partial charge is 0.336 e. The molecule has 120 valence electrons. The van der Waals surface area contributed by atoms with Crippen LogP contribution in [0.3, 0.4) is 0 Å². The van der Waals surface area contributed by atoms with Gasteiger partial charge in [-0.25, -0.2) is 9.18 Å². The Morgan fingerprint density at radius 2 is 2.23 bits per heavy atom. The molecule has 22 heavy (non-hydrogen) atoms. The molecule has 0 radical (unpaired) electrons. The van der Waals surface area contributed by atoms with E-state index in [4.69, 9.17) is 21.1 Å². The zero-order valence-corrected chi connectivity index (χ0v) is 12.7. The molecule has 0 spiro atoms. The topological polar surface area (TPSA) is 64.6 Å². The van der Waals surface area contributed by atoms with Crippen LogP contribution in [0, 0.1) is 5.82 Å². The van der Waals surface area contributed by atoms with Crippen molar-refractivity contribution in [2.75, 3.05) is 13.3 Å². The molecule has 1 amide bonds. The minimum absolute atomic E-state index is 0.114. The Hall–Kier alpha value is -1.66. The van der Waals surface area contributed by atoms with Crippen LogP contribution >= 0.6 is 11.6 Å². The molecule has 1 atom stereocenters. The van der Waals surface area contributed by atoms with Crippen molar-refractivity contribution in [1.29, 1.82) is 0 Å². The molecule has 2 rings (SSSR count). The lowest BCUT2D eigenvalue weighted by Crippen LogP contribution is -2.35. The fourth-order valence-electron chi connectivity index (χ4n) is 2.13. The average Bonchev–Trinajstić information content (AvgIpc) is 2.52. The van der Waals surface area contributed by atoms with Crippen molar-refractivity contribution in [1.82, 2.24) is 5.32 Å². The van der Waals surface area contributed by atoms with E-state index in [2.05, 4.69) is 5.32 Å². The number of ether oxygens (including phenoxy) is 2. The van der Waals surface area contributed by atoms with Crippen LogP contribution in [-0.2, 0) is 25.5 Å². The zero-order valence-electron chi connectivity index (χ0n) is 11.9. The number of carbonyl (C=O) groups excluding carboxylic acids is 2.